The van der Waals surface area contributed by atoms with Gasteiger partial charge in [0.05, 0.1) is 6.61 Å². The van der Waals surface area contributed by atoms with Gasteiger partial charge in [-0.15, -0.1) is 0 Å². The largest absolute Gasteiger partial charge is 0.464 e. The van der Waals surface area contributed by atoms with E-state index in [2.05, 4.69) is 4.98 Å². The molecule has 0 radical (unpaired) electrons. The molecule has 1 amide bonds. The highest BCUT2D eigenvalue weighted by Gasteiger charge is 2.39. The van der Waals surface area contributed by atoms with Crippen LogP contribution < -0.4 is 0 Å². The predicted octanol–water partition coefficient (Wildman–Crippen LogP) is 2.70. The molecule has 1 saturated heterocycles. The summed E-state index contributed by atoms with van der Waals surface area (Å²) >= 11 is 0. The van der Waals surface area contributed by atoms with Crippen molar-refractivity contribution in [3.63, 3.8) is 0 Å². The lowest BCUT2D eigenvalue weighted by molar-refractivity contribution is -0.156. The van der Waals surface area contributed by atoms with Crippen molar-refractivity contribution in [2.45, 2.75) is 63.8 Å². The number of ketones is 1. The first-order valence-corrected chi connectivity index (χ1v) is 10.1. The summed E-state index contributed by atoms with van der Waals surface area (Å²) in [5.74, 6) is -1.35. The molecular weight excluding hydrogens is 344 g/mol. The van der Waals surface area contributed by atoms with Crippen molar-refractivity contribution < 1.29 is 19.1 Å². The lowest BCUT2D eigenvalue weighted by Gasteiger charge is -2.26. The first kappa shape index (κ1) is 19.5. The third kappa shape index (κ3) is 5.15. The van der Waals surface area contributed by atoms with Gasteiger partial charge in [-0.05, 0) is 50.2 Å². The number of hydrogen-bond acceptors (Lipinski definition) is 5. The first-order chi connectivity index (χ1) is 13.2. The average molecular weight is 372 g/mol. The number of esters is 1. The molecule has 1 aromatic rings. The van der Waals surface area contributed by atoms with Gasteiger partial charge in [-0.1, -0.05) is 25.3 Å². The van der Waals surface area contributed by atoms with Crippen LogP contribution in [0.5, 0.6) is 0 Å². The van der Waals surface area contributed by atoms with Gasteiger partial charge in [0, 0.05) is 24.9 Å². The number of nitrogens with zero attached hydrogens (tertiary/aromatic N) is 2. The Labute approximate surface area is 160 Å². The molecule has 0 spiro atoms. The van der Waals surface area contributed by atoms with Crippen LogP contribution in [0.3, 0.4) is 0 Å². The van der Waals surface area contributed by atoms with Crippen LogP contribution in [-0.2, 0) is 25.5 Å². The Morgan fingerprint density at radius 1 is 1.11 bits per heavy atom. The maximum Gasteiger partial charge on any atom is 0.328 e. The van der Waals surface area contributed by atoms with Crippen molar-refractivity contribution in [2.24, 2.45) is 5.92 Å². The number of aryl methyl sites for hydroxylation is 1. The fourth-order valence-electron chi connectivity index (χ4n) is 4.03. The summed E-state index contributed by atoms with van der Waals surface area (Å²) in [4.78, 5) is 43.1. The van der Waals surface area contributed by atoms with E-state index in [0.717, 1.165) is 50.5 Å². The van der Waals surface area contributed by atoms with Crippen molar-refractivity contribution in [3.05, 3.63) is 30.1 Å². The smallest absolute Gasteiger partial charge is 0.328 e. The standard InChI is InChI=1S/C21H28N2O4/c24-19(17-9-2-1-3-10-17)20(25)23-13-5-11-18(23)21(26)27-14-6-8-16-7-4-12-22-15-16/h4,7,12,15,17-18H,1-3,5-6,8-11,13-14H2/t18-/m1/s1. The van der Waals surface area contributed by atoms with E-state index in [0.29, 0.717) is 26.0 Å². The summed E-state index contributed by atoms with van der Waals surface area (Å²) in [5, 5.41) is 0. The number of rotatable bonds is 7. The van der Waals surface area contributed by atoms with Crippen LogP contribution in [0.25, 0.3) is 0 Å². The number of pyridine rings is 1. The minimum absolute atomic E-state index is 0.164. The zero-order chi connectivity index (χ0) is 19.1. The van der Waals surface area contributed by atoms with E-state index in [1.54, 1.807) is 12.4 Å². The van der Waals surface area contributed by atoms with Gasteiger partial charge >= 0.3 is 5.97 Å². The van der Waals surface area contributed by atoms with Crippen molar-refractivity contribution in [1.29, 1.82) is 0 Å². The zero-order valence-electron chi connectivity index (χ0n) is 15.8. The van der Waals surface area contributed by atoms with Crippen molar-refractivity contribution >= 4 is 17.7 Å². The Balaban J connectivity index is 1.47. The van der Waals surface area contributed by atoms with Crippen LogP contribution in [0.4, 0.5) is 0 Å². The maximum absolute atomic E-state index is 12.6. The fourth-order valence-corrected chi connectivity index (χ4v) is 4.03. The van der Waals surface area contributed by atoms with Gasteiger partial charge in [0.2, 0.25) is 5.78 Å². The summed E-state index contributed by atoms with van der Waals surface area (Å²) in [6.07, 6.45) is 11.1. The van der Waals surface area contributed by atoms with Crippen LogP contribution in [0.15, 0.2) is 24.5 Å². The zero-order valence-corrected chi connectivity index (χ0v) is 15.8. The number of likely N-dealkylation sites (tertiary alicyclic amines) is 1. The number of carbonyl (C=O) groups is 3. The molecule has 3 rings (SSSR count). The maximum atomic E-state index is 12.6. The summed E-state index contributed by atoms with van der Waals surface area (Å²) in [6.45, 7) is 0.773. The second-order valence-corrected chi connectivity index (χ2v) is 7.49. The second-order valence-electron chi connectivity index (χ2n) is 7.49. The van der Waals surface area contributed by atoms with Gasteiger partial charge in [-0.25, -0.2) is 4.79 Å². The first-order valence-electron chi connectivity index (χ1n) is 10.1. The molecule has 1 atom stereocenters. The van der Waals surface area contributed by atoms with E-state index in [-0.39, 0.29) is 17.7 Å². The van der Waals surface area contributed by atoms with E-state index in [4.69, 9.17) is 4.74 Å². The number of ether oxygens (including phenoxy) is 1. The molecule has 2 fully saturated rings. The van der Waals surface area contributed by atoms with E-state index in [1.165, 1.54) is 4.90 Å². The van der Waals surface area contributed by atoms with Gasteiger partial charge < -0.3 is 9.64 Å². The van der Waals surface area contributed by atoms with Crippen LogP contribution in [0.2, 0.25) is 0 Å². The fraction of sp³-hybridized carbons (Fsp3) is 0.619. The van der Waals surface area contributed by atoms with E-state index in [9.17, 15) is 14.4 Å². The molecule has 0 N–H and O–H groups in total. The van der Waals surface area contributed by atoms with Crippen molar-refractivity contribution in [1.82, 2.24) is 9.88 Å². The highest BCUT2D eigenvalue weighted by Crippen LogP contribution is 2.27. The number of carbonyl (C=O) groups excluding carboxylic acids is 3. The molecule has 27 heavy (non-hydrogen) atoms. The summed E-state index contributed by atoms with van der Waals surface area (Å²) in [7, 11) is 0. The topological polar surface area (TPSA) is 76.6 Å². The lowest BCUT2D eigenvalue weighted by Crippen LogP contribution is -2.46. The number of amides is 1. The lowest BCUT2D eigenvalue weighted by atomic mass is 9.86. The summed E-state index contributed by atoms with van der Waals surface area (Å²) in [5.41, 5.74) is 1.10. The molecule has 2 heterocycles. The Kier molecular flexibility index (Phi) is 6.96. The highest BCUT2D eigenvalue weighted by atomic mass is 16.5. The van der Waals surface area contributed by atoms with Crippen molar-refractivity contribution in [3.8, 4) is 0 Å². The van der Waals surface area contributed by atoms with E-state index < -0.39 is 11.9 Å². The van der Waals surface area contributed by atoms with Gasteiger partial charge in [0.1, 0.15) is 6.04 Å². The Bertz CT molecular complexity index is 655. The van der Waals surface area contributed by atoms with Crippen LogP contribution in [-0.4, -0.2) is 46.7 Å². The third-order valence-electron chi connectivity index (χ3n) is 5.55. The van der Waals surface area contributed by atoms with Gasteiger partial charge in [0.25, 0.3) is 5.91 Å². The third-order valence-corrected chi connectivity index (χ3v) is 5.55. The minimum Gasteiger partial charge on any atom is -0.464 e. The molecule has 2 aliphatic rings. The number of Topliss-reactive ketones (excluding diaryl/α,β-unsaturated/α-hetero) is 1. The average Bonchev–Trinajstić information content (AvgIpc) is 3.21. The van der Waals surface area contributed by atoms with Gasteiger partial charge in [-0.3, -0.25) is 14.6 Å². The molecule has 6 nitrogen and oxygen atoms in total. The van der Waals surface area contributed by atoms with Gasteiger partial charge in [0.15, 0.2) is 0 Å². The Morgan fingerprint density at radius 3 is 2.67 bits per heavy atom. The molecule has 0 bridgehead atoms. The number of hydrogen-bond donors (Lipinski definition) is 0. The van der Waals surface area contributed by atoms with E-state index in [1.807, 2.05) is 12.1 Å². The summed E-state index contributed by atoms with van der Waals surface area (Å²) in [6, 6.07) is 3.26. The Hall–Kier alpha value is -2.24. The number of aromatic nitrogens is 1. The molecule has 1 aliphatic carbocycles. The van der Waals surface area contributed by atoms with Gasteiger partial charge in [-0.2, -0.15) is 0 Å². The monoisotopic (exact) mass is 372 g/mol. The SMILES string of the molecule is O=C(C(=O)N1CCC[C@@H]1C(=O)OCCCc1cccnc1)C1CCCCC1. The molecule has 0 aromatic carbocycles. The minimum atomic E-state index is -0.608. The van der Waals surface area contributed by atoms with Crippen LogP contribution >= 0.6 is 0 Å². The van der Waals surface area contributed by atoms with Crippen LogP contribution in [0.1, 0.15) is 56.9 Å². The summed E-state index contributed by atoms with van der Waals surface area (Å²) < 4.78 is 5.39. The Morgan fingerprint density at radius 2 is 1.93 bits per heavy atom. The molecule has 1 saturated carbocycles. The molecule has 1 aliphatic heterocycles. The second kappa shape index (κ2) is 9.62. The van der Waals surface area contributed by atoms with Crippen molar-refractivity contribution in [2.75, 3.05) is 13.2 Å². The highest BCUT2D eigenvalue weighted by molar-refractivity contribution is 6.37. The molecule has 1 aromatic heterocycles. The van der Waals surface area contributed by atoms with Crippen LogP contribution in [0, 0.1) is 5.92 Å². The molecule has 6 heteroatoms. The van der Waals surface area contributed by atoms with E-state index >= 15 is 0 Å². The predicted molar refractivity (Wildman–Crippen MR) is 99.8 cm³/mol. The molecule has 0 unspecified atom stereocenters. The normalized spacial score (nSPS) is 20.4. The molecule has 146 valence electrons. The quantitative estimate of drug-likeness (QED) is 0.418. The molecular formula is C21H28N2O4.